The number of benzene rings is 1. The van der Waals surface area contributed by atoms with Crippen LogP contribution in [0.2, 0.25) is 0 Å². The molecule has 1 saturated carbocycles. The van der Waals surface area contributed by atoms with Crippen molar-refractivity contribution in [1.29, 1.82) is 0 Å². The minimum atomic E-state index is -0.226. The lowest BCUT2D eigenvalue weighted by atomic mass is 10.1. The quantitative estimate of drug-likeness (QED) is 0.545. The Hall–Kier alpha value is -2.89. The molecule has 1 aliphatic heterocycles. The fourth-order valence-electron chi connectivity index (χ4n) is 3.83. The summed E-state index contributed by atoms with van der Waals surface area (Å²) in [5.41, 5.74) is 4.50. The van der Waals surface area contributed by atoms with Gasteiger partial charge in [0, 0.05) is 30.4 Å². The molecule has 4 rings (SSSR count). The molecular formula is C24H29N5O4S2. The highest BCUT2D eigenvalue weighted by molar-refractivity contribution is 8.01. The topological polar surface area (TPSA) is 104 Å². The Labute approximate surface area is 212 Å². The number of ether oxygens (including phenoxy) is 1. The smallest absolute Gasteiger partial charge is 0.260 e. The van der Waals surface area contributed by atoms with Crippen molar-refractivity contribution in [3.63, 3.8) is 0 Å². The maximum absolute atomic E-state index is 13.6. The summed E-state index contributed by atoms with van der Waals surface area (Å²) in [7, 11) is 1.55. The highest BCUT2D eigenvalue weighted by Gasteiger charge is 2.31. The second kappa shape index (κ2) is 10.8. The highest BCUT2D eigenvalue weighted by Crippen LogP contribution is 2.39. The molecule has 11 heteroatoms. The molecular weight excluding hydrogens is 486 g/mol. The first-order valence-electron chi connectivity index (χ1n) is 11.4. The van der Waals surface area contributed by atoms with Crippen LogP contribution in [0.3, 0.4) is 0 Å². The van der Waals surface area contributed by atoms with Gasteiger partial charge >= 0.3 is 0 Å². The Morgan fingerprint density at radius 3 is 2.80 bits per heavy atom. The number of nitrogens with one attached hydrogen (secondary N) is 2. The van der Waals surface area contributed by atoms with Crippen molar-refractivity contribution < 1.29 is 19.1 Å². The molecule has 1 aromatic carbocycles. The number of thiazole rings is 1. The number of amides is 3. The molecule has 2 fully saturated rings. The van der Waals surface area contributed by atoms with E-state index in [2.05, 4.69) is 22.3 Å². The van der Waals surface area contributed by atoms with Gasteiger partial charge in [0.1, 0.15) is 5.75 Å². The van der Waals surface area contributed by atoms with Gasteiger partial charge in [-0.25, -0.2) is 10.4 Å². The van der Waals surface area contributed by atoms with Crippen LogP contribution in [0.15, 0.2) is 40.1 Å². The van der Waals surface area contributed by atoms with Gasteiger partial charge in [-0.2, -0.15) is 0 Å². The molecule has 0 unspecified atom stereocenters. The van der Waals surface area contributed by atoms with Crippen molar-refractivity contribution in [2.45, 2.75) is 41.8 Å². The minimum Gasteiger partial charge on any atom is -0.496 e. The van der Waals surface area contributed by atoms with E-state index in [4.69, 9.17) is 4.74 Å². The van der Waals surface area contributed by atoms with E-state index in [0.29, 0.717) is 36.1 Å². The Kier molecular flexibility index (Phi) is 7.78. The standard InChI is InChI=1S/C24H29N5O4S2/c1-5-20(30)29-15(3)13-28(9-8-26-29)23(32)17-11-19(14(2)10-18(17)33-4)34-21-12-25-24(35-21)27-22(31)16-6-7-16/h5,10-12,15-16,26H,1,6-9,13H2,2-4H3,(H,25,27,31)/t15-/m1/s1. The van der Waals surface area contributed by atoms with Crippen molar-refractivity contribution >= 4 is 46.0 Å². The van der Waals surface area contributed by atoms with Crippen molar-refractivity contribution in [3.8, 4) is 5.75 Å². The number of methoxy groups -OCH3 is 1. The highest BCUT2D eigenvalue weighted by atomic mass is 32.2. The van der Waals surface area contributed by atoms with Crippen molar-refractivity contribution in [3.05, 3.63) is 42.1 Å². The summed E-state index contributed by atoms with van der Waals surface area (Å²) >= 11 is 2.91. The van der Waals surface area contributed by atoms with Gasteiger partial charge in [0.2, 0.25) is 5.91 Å². The molecule has 0 bridgehead atoms. The molecule has 2 aliphatic rings. The molecule has 9 nitrogen and oxygen atoms in total. The molecule has 35 heavy (non-hydrogen) atoms. The van der Waals surface area contributed by atoms with Crippen molar-refractivity contribution in [2.75, 3.05) is 32.1 Å². The van der Waals surface area contributed by atoms with E-state index in [1.165, 1.54) is 34.2 Å². The van der Waals surface area contributed by atoms with Crippen LogP contribution in [0.25, 0.3) is 0 Å². The monoisotopic (exact) mass is 515 g/mol. The predicted molar refractivity (Wildman–Crippen MR) is 136 cm³/mol. The van der Waals surface area contributed by atoms with Gasteiger partial charge in [-0.3, -0.25) is 19.4 Å². The van der Waals surface area contributed by atoms with Crippen LogP contribution in [-0.2, 0) is 9.59 Å². The van der Waals surface area contributed by atoms with Crippen LogP contribution in [-0.4, -0.2) is 65.4 Å². The number of hydrogen-bond donors (Lipinski definition) is 2. The third-order valence-corrected chi connectivity index (χ3v) is 8.06. The van der Waals surface area contributed by atoms with E-state index in [9.17, 15) is 14.4 Å². The van der Waals surface area contributed by atoms with E-state index in [1.54, 1.807) is 18.2 Å². The van der Waals surface area contributed by atoms with E-state index < -0.39 is 0 Å². The molecule has 1 aromatic heterocycles. The number of carbonyl (C=O) groups excluding carboxylic acids is 3. The fraction of sp³-hybridized carbons (Fsp3) is 0.417. The molecule has 186 valence electrons. The second-order valence-electron chi connectivity index (χ2n) is 8.59. The number of aromatic nitrogens is 1. The summed E-state index contributed by atoms with van der Waals surface area (Å²) in [6.07, 6.45) is 4.87. The normalized spacial score (nSPS) is 18.1. The Balaban J connectivity index is 1.52. The van der Waals surface area contributed by atoms with Gasteiger partial charge in [-0.05, 0) is 50.5 Å². The zero-order valence-corrected chi connectivity index (χ0v) is 21.6. The third-order valence-electron chi connectivity index (χ3n) is 5.89. The molecule has 3 amide bonds. The molecule has 2 aromatic rings. The van der Waals surface area contributed by atoms with Crippen LogP contribution < -0.4 is 15.5 Å². The SMILES string of the molecule is C=CC(=O)N1NCCN(C(=O)c2cc(Sc3cnc(NC(=O)C4CC4)s3)c(C)cc2OC)C[C@H]1C. The molecule has 2 heterocycles. The molecule has 1 atom stereocenters. The summed E-state index contributed by atoms with van der Waals surface area (Å²) in [5, 5.41) is 4.97. The summed E-state index contributed by atoms with van der Waals surface area (Å²) in [6, 6.07) is 3.48. The lowest BCUT2D eigenvalue weighted by Gasteiger charge is -2.28. The average molecular weight is 516 g/mol. The molecule has 1 aliphatic carbocycles. The third kappa shape index (κ3) is 5.85. The first kappa shape index (κ1) is 25.2. The number of rotatable bonds is 7. The van der Waals surface area contributed by atoms with Gasteiger partial charge in [-0.15, -0.1) is 0 Å². The largest absolute Gasteiger partial charge is 0.496 e. The van der Waals surface area contributed by atoms with Gasteiger partial charge < -0.3 is 15.0 Å². The number of carbonyl (C=O) groups is 3. The summed E-state index contributed by atoms with van der Waals surface area (Å²) in [6.45, 7) is 8.67. The van der Waals surface area contributed by atoms with Crippen molar-refractivity contribution in [1.82, 2.24) is 20.3 Å². The van der Waals surface area contributed by atoms with E-state index in [-0.39, 0.29) is 29.7 Å². The average Bonchev–Trinajstić information content (AvgIpc) is 3.64. The number of anilines is 1. The lowest BCUT2D eigenvalue weighted by Crippen LogP contribution is -2.48. The van der Waals surface area contributed by atoms with Crippen LogP contribution in [0, 0.1) is 12.8 Å². The van der Waals surface area contributed by atoms with Crippen LogP contribution in [0.1, 0.15) is 35.7 Å². The number of hydrogen-bond acceptors (Lipinski definition) is 8. The molecule has 0 radical (unpaired) electrons. The summed E-state index contributed by atoms with van der Waals surface area (Å²) in [5.74, 6) is 0.259. The molecule has 1 saturated heterocycles. The summed E-state index contributed by atoms with van der Waals surface area (Å²) in [4.78, 5) is 44.7. The van der Waals surface area contributed by atoms with E-state index >= 15 is 0 Å². The van der Waals surface area contributed by atoms with Crippen LogP contribution >= 0.6 is 23.1 Å². The number of aryl methyl sites for hydroxylation is 1. The maximum Gasteiger partial charge on any atom is 0.260 e. The van der Waals surface area contributed by atoms with E-state index in [1.807, 2.05) is 26.0 Å². The molecule has 0 spiro atoms. The van der Waals surface area contributed by atoms with Gasteiger partial charge in [0.05, 0.1) is 29.1 Å². The van der Waals surface area contributed by atoms with Gasteiger partial charge in [-0.1, -0.05) is 29.7 Å². The van der Waals surface area contributed by atoms with Crippen molar-refractivity contribution in [2.24, 2.45) is 5.92 Å². The Morgan fingerprint density at radius 2 is 2.11 bits per heavy atom. The Morgan fingerprint density at radius 1 is 1.34 bits per heavy atom. The van der Waals surface area contributed by atoms with Gasteiger partial charge in [0.25, 0.3) is 11.8 Å². The number of nitrogens with zero attached hydrogens (tertiary/aromatic N) is 3. The first-order chi connectivity index (χ1) is 16.8. The Bertz CT molecular complexity index is 1150. The second-order valence-corrected chi connectivity index (χ2v) is 11.0. The van der Waals surface area contributed by atoms with Crippen LogP contribution in [0.4, 0.5) is 5.13 Å². The molecule has 2 N–H and O–H groups in total. The minimum absolute atomic E-state index is 0.0268. The zero-order valence-electron chi connectivity index (χ0n) is 20.0. The van der Waals surface area contributed by atoms with E-state index in [0.717, 1.165) is 27.5 Å². The lowest BCUT2D eigenvalue weighted by molar-refractivity contribution is -0.131. The first-order valence-corrected chi connectivity index (χ1v) is 13.1. The summed E-state index contributed by atoms with van der Waals surface area (Å²) < 4.78 is 6.46. The zero-order chi connectivity index (χ0) is 25.1. The fourth-order valence-corrected chi connectivity index (χ4v) is 5.78. The van der Waals surface area contributed by atoms with Gasteiger partial charge in [0.15, 0.2) is 5.13 Å². The maximum atomic E-state index is 13.6. The van der Waals surface area contributed by atoms with Crippen LogP contribution in [0.5, 0.6) is 5.75 Å². The predicted octanol–water partition coefficient (Wildman–Crippen LogP) is 3.32. The number of hydrazine groups is 1.